The first-order chi connectivity index (χ1) is 7.36. The van der Waals surface area contributed by atoms with Gasteiger partial charge in [0.15, 0.2) is 0 Å². The number of ether oxygens (including phenoxy) is 1. The Kier molecular flexibility index (Phi) is 9.43. The minimum absolute atomic E-state index is 0. The predicted octanol–water partition coefficient (Wildman–Crippen LogP) is 3.45. The van der Waals surface area contributed by atoms with Crippen LogP contribution in [0.1, 0.15) is 19.8 Å². The van der Waals surface area contributed by atoms with Crippen LogP contribution in [0.5, 0.6) is 0 Å². The quantitative estimate of drug-likeness (QED) is 0.427. The largest absolute Gasteiger partial charge is 0.494 e. The lowest BCUT2D eigenvalue weighted by atomic mass is 10.1. The monoisotopic (exact) mass is 309 g/mol. The van der Waals surface area contributed by atoms with Gasteiger partial charge in [0.2, 0.25) is 0 Å². The molecule has 5 heteroatoms. The average molecular weight is 311 g/mol. The van der Waals surface area contributed by atoms with Gasteiger partial charge in [-0.15, -0.1) is 12.4 Å². The minimum atomic E-state index is 0. The summed E-state index contributed by atoms with van der Waals surface area (Å²) in [6.45, 7) is 3.27. The highest BCUT2D eigenvalue weighted by molar-refractivity contribution is 9.09. The smallest absolute Gasteiger partial charge is 0.115 e. The Labute approximate surface area is 111 Å². The van der Waals surface area contributed by atoms with Gasteiger partial charge < -0.3 is 9.57 Å². The van der Waals surface area contributed by atoms with E-state index in [1.54, 1.807) is 0 Å². The Balaban J connectivity index is 0.00000225. The second-order valence-corrected chi connectivity index (χ2v) is 3.83. The Morgan fingerprint density at radius 1 is 1.44 bits per heavy atom. The number of rotatable bonds is 6. The normalized spacial score (nSPS) is 16.6. The molecule has 0 aromatic rings. The number of halogens is 2. The van der Waals surface area contributed by atoms with Crippen LogP contribution in [-0.2, 0) is 9.57 Å². The number of oxime groups is 1. The Morgan fingerprint density at radius 2 is 2.25 bits per heavy atom. The molecule has 0 radical (unpaired) electrons. The Hall–Kier alpha value is -0.480. The molecular weight excluding hydrogens is 293 g/mol. The van der Waals surface area contributed by atoms with Gasteiger partial charge in [0.25, 0.3) is 0 Å². The van der Waals surface area contributed by atoms with Gasteiger partial charge >= 0.3 is 0 Å². The molecule has 0 saturated heterocycles. The zero-order valence-electron chi connectivity index (χ0n) is 9.32. The van der Waals surface area contributed by atoms with Crippen LogP contribution in [0.25, 0.3) is 0 Å². The van der Waals surface area contributed by atoms with Crippen LogP contribution in [0.15, 0.2) is 29.1 Å². The van der Waals surface area contributed by atoms with E-state index in [0.717, 1.165) is 36.2 Å². The fourth-order valence-corrected chi connectivity index (χ4v) is 1.32. The van der Waals surface area contributed by atoms with Crippen molar-refractivity contribution in [1.82, 2.24) is 0 Å². The van der Waals surface area contributed by atoms with Gasteiger partial charge in [-0.25, -0.2) is 0 Å². The molecule has 16 heavy (non-hydrogen) atoms. The summed E-state index contributed by atoms with van der Waals surface area (Å²) in [6, 6.07) is 0. The van der Waals surface area contributed by atoms with Crippen molar-refractivity contribution in [1.29, 1.82) is 0 Å². The summed E-state index contributed by atoms with van der Waals surface area (Å²) in [5, 5.41) is 4.93. The lowest BCUT2D eigenvalue weighted by Gasteiger charge is -2.09. The number of hydrogen-bond donors (Lipinski definition) is 0. The van der Waals surface area contributed by atoms with Crippen molar-refractivity contribution >= 4 is 34.0 Å². The van der Waals surface area contributed by atoms with E-state index < -0.39 is 0 Å². The van der Waals surface area contributed by atoms with Gasteiger partial charge in [-0.3, -0.25) is 0 Å². The molecular formula is C11H17BrClNO2. The molecule has 0 amide bonds. The minimum Gasteiger partial charge on any atom is -0.494 e. The molecule has 1 rings (SSSR count). The van der Waals surface area contributed by atoms with Crippen LogP contribution in [0.3, 0.4) is 0 Å². The van der Waals surface area contributed by atoms with E-state index >= 15 is 0 Å². The third-order valence-electron chi connectivity index (χ3n) is 1.81. The highest BCUT2D eigenvalue weighted by Crippen LogP contribution is 2.10. The maximum Gasteiger partial charge on any atom is 0.115 e. The second-order valence-electron chi connectivity index (χ2n) is 3.04. The van der Waals surface area contributed by atoms with Gasteiger partial charge in [-0.05, 0) is 31.6 Å². The molecule has 1 aliphatic rings. The zero-order chi connectivity index (χ0) is 10.9. The third kappa shape index (κ3) is 6.18. The van der Waals surface area contributed by atoms with Crippen LogP contribution in [-0.4, -0.2) is 24.3 Å². The highest BCUT2D eigenvalue weighted by atomic mass is 79.9. The molecule has 0 unspecified atom stereocenters. The van der Waals surface area contributed by atoms with Crippen molar-refractivity contribution in [3.05, 3.63) is 24.0 Å². The molecule has 0 aliphatic heterocycles. The van der Waals surface area contributed by atoms with Crippen molar-refractivity contribution in [2.45, 2.75) is 19.8 Å². The van der Waals surface area contributed by atoms with Gasteiger partial charge in [-0.2, -0.15) is 0 Å². The van der Waals surface area contributed by atoms with Crippen molar-refractivity contribution in [3.8, 4) is 0 Å². The molecule has 0 saturated carbocycles. The van der Waals surface area contributed by atoms with E-state index in [2.05, 4.69) is 21.1 Å². The first-order valence-corrected chi connectivity index (χ1v) is 6.24. The van der Waals surface area contributed by atoms with Gasteiger partial charge in [0, 0.05) is 11.8 Å². The summed E-state index contributed by atoms with van der Waals surface area (Å²) >= 11 is 3.36. The number of nitrogens with zero attached hydrogens (tertiary/aromatic N) is 1. The van der Waals surface area contributed by atoms with E-state index in [-0.39, 0.29) is 12.4 Å². The first-order valence-electron chi connectivity index (χ1n) is 5.12. The lowest BCUT2D eigenvalue weighted by Crippen LogP contribution is -2.02. The second kappa shape index (κ2) is 9.73. The molecule has 0 fully saturated rings. The predicted molar refractivity (Wildman–Crippen MR) is 72.5 cm³/mol. The average Bonchev–Trinajstić information content (AvgIpc) is 2.28. The van der Waals surface area contributed by atoms with Crippen LogP contribution in [0.4, 0.5) is 0 Å². The summed E-state index contributed by atoms with van der Waals surface area (Å²) in [7, 11) is 0. The summed E-state index contributed by atoms with van der Waals surface area (Å²) in [4.78, 5) is 4.97. The van der Waals surface area contributed by atoms with Gasteiger partial charge in [0.1, 0.15) is 12.4 Å². The van der Waals surface area contributed by atoms with E-state index in [4.69, 9.17) is 9.57 Å². The Morgan fingerprint density at radius 3 is 2.81 bits per heavy atom. The zero-order valence-corrected chi connectivity index (χ0v) is 11.7. The summed E-state index contributed by atoms with van der Waals surface area (Å²) < 4.78 is 5.52. The molecule has 0 heterocycles. The topological polar surface area (TPSA) is 30.8 Å². The molecule has 1 aliphatic carbocycles. The molecule has 0 aromatic heterocycles. The van der Waals surface area contributed by atoms with Crippen molar-refractivity contribution in [2.75, 3.05) is 18.5 Å². The molecule has 0 spiro atoms. The van der Waals surface area contributed by atoms with E-state index in [1.807, 2.05) is 25.2 Å². The van der Waals surface area contributed by atoms with Crippen molar-refractivity contribution < 1.29 is 9.57 Å². The third-order valence-corrected chi connectivity index (χ3v) is 2.37. The molecule has 92 valence electrons. The maximum atomic E-state index is 5.52. The number of alkyl halides is 1. The molecule has 0 bridgehead atoms. The maximum absolute atomic E-state index is 5.52. The summed E-state index contributed by atoms with van der Waals surface area (Å²) in [5.41, 5.74) is 0.935. The molecule has 0 atom stereocenters. The summed E-state index contributed by atoms with van der Waals surface area (Å²) in [5.74, 6) is 0.923. The molecule has 0 N–H and O–H groups in total. The van der Waals surface area contributed by atoms with Crippen LogP contribution >= 0.6 is 28.3 Å². The van der Waals surface area contributed by atoms with E-state index in [0.29, 0.717) is 6.61 Å². The highest BCUT2D eigenvalue weighted by Gasteiger charge is 2.03. The van der Waals surface area contributed by atoms with E-state index in [9.17, 15) is 0 Å². The standard InChI is InChI=1S/C11H16BrNO2.ClH/c1-2-15-13-10-4-6-11(7-5-10)14-9-3-8-12;/h4,6-7H,2-3,5,8-9H2,1H3;1H. The summed E-state index contributed by atoms with van der Waals surface area (Å²) in [6.07, 6.45) is 7.67. The number of allylic oxidation sites excluding steroid dienone is 3. The lowest BCUT2D eigenvalue weighted by molar-refractivity contribution is 0.158. The molecule has 0 aromatic carbocycles. The van der Waals surface area contributed by atoms with Gasteiger partial charge in [0.05, 0.1) is 12.3 Å². The fourth-order valence-electron chi connectivity index (χ4n) is 1.09. The van der Waals surface area contributed by atoms with Crippen LogP contribution in [0.2, 0.25) is 0 Å². The number of hydrogen-bond acceptors (Lipinski definition) is 3. The fraction of sp³-hybridized carbons (Fsp3) is 0.545. The van der Waals surface area contributed by atoms with Crippen LogP contribution in [0, 0.1) is 0 Å². The van der Waals surface area contributed by atoms with Gasteiger partial charge in [-0.1, -0.05) is 21.1 Å². The SMILES string of the molecule is CCON=C1C=CC(OCCCBr)=CC1.Cl. The van der Waals surface area contributed by atoms with Crippen LogP contribution < -0.4 is 0 Å². The first kappa shape index (κ1) is 15.5. The van der Waals surface area contributed by atoms with Crippen molar-refractivity contribution in [2.24, 2.45) is 5.16 Å². The Bertz CT molecular complexity index is 277. The molecule has 3 nitrogen and oxygen atoms in total. The van der Waals surface area contributed by atoms with Crippen molar-refractivity contribution in [3.63, 3.8) is 0 Å². The van der Waals surface area contributed by atoms with E-state index in [1.165, 1.54) is 0 Å².